The average Bonchev–Trinajstić information content (AvgIpc) is 2.81. The number of esters is 1. The van der Waals surface area contributed by atoms with Gasteiger partial charge in [0.25, 0.3) is 0 Å². The topological polar surface area (TPSA) is 71.6 Å². The van der Waals surface area contributed by atoms with Crippen LogP contribution in [-0.2, 0) is 4.74 Å². The Labute approximate surface area is 130 Å². The van der Waals surface area contributed by atoms with Crippen molar-refractivity contribution < 1.29 is 9.53 Å². The van der Waals surface area contributed by atoms with Gasteiger partial charge >= 0.3 is 5.97 Å². The molecule has 0 bridgehead atoms. The lowest BCUT2D eigenvalue weighted by molar-refractivity contribution is 0.0525. The predicted octanol–water partition coefficient (Wildman–Crippen LogP) is 2.87. The molecular formula is C16H12N2O3S. The van der Waals surface area contributed by atoms with Crippen LogP contribution in [0.1, 0.15) is 28.4 Å². The van der Waals surface area contributed by atoms with E-state index < -0.39 is 11.4 Å². The van der Waals surface area contributed by atoms with Crippen molar-refractivity contribution in [2.24, 2.45) is 0 Å². The van der Waals surface area contributed by atoms with Crippen LogP contribution in [0.2, 0.25) is 0 Å². The maximum atomic E-state index is 12.6. The van der Waals surface area contributed by atoms with Crippen molar-refractivity contribution in [3.05, 3.63) is 50.6 Å². The van der Waals surface area contributed by atoms with Crippen LogP contribution in [0.5, 0.6) is 0 Å². The van der Waals surface area contributed by atoms with Gasteiger partial charge in [-0.15, -0.1) is 11.3 Å². The first-order valence-electron chi connectivity index (χ1n) is 6.72. The molecule has 0 fully saturated rings. The molecule has 0 saturated carbocycles. The summed E-state index contributed by atoms with van der Waals surface area (Å²) in [6.45, 7) is 3.82. The van der Waals surface area contributed by atoms with Gasteiger partial charge in [0.15, 0.2) is 0 Å². The Balaban J connectivity index is 2.45. The van der Waals surface area contributed by atoms with E-state index in [-0.39, 0.29) is 12.2 Å². The molecule has 3 rings (SSSR count). The van der Waals surface area contributed by atoms with Crippen molar-refractivity contribution in [2.45, 2.75) is 13.8 Å². The van der Waals surface area contributed by atoms with E-state index in [1.165, 1.54) is 16.7 Å². The summed E-state index contributed by atoms with van der Waals surface area (Å²) in [5, 5.41) is 10.9. The number of ether oxygens (including phenoxy) is 1. The number of carbonyl (C=O) groups is 1. The lowest BCUT2D eigenvalue weighted by Gasteiger charge is -2.01. The molecule has 0 saturated heterocycles. The fourth-order valence-corrected chi connectivity index (χ4v) is 3.43. The SMILES string of the molecule is CCOC(=O)c1csc2c(C#N)c3cc(C)ccn3c2c1=O. The maximum absolute atomic E-state index is 12.6. The number of fused-ring (bicyclic) bond motifs is 3. The summed E-state index contributed by atoms with van der Waals surface area (Å²) >= 11 is 1.21. The van der Waals surface area contributed by atoms with Crippen molar-refractivity contribution in [3.8, 4) is 6.07 Å². The Morgan fingerprint density at radius 2 is 2.27 bits per heavy atom. The summed E-state index contributed by atoms with van der Waals surface area (Å²) in [7, 11) is 0. The van der Waals surface area contributed by atoms with Gasteiger partial charge in [-0.05, 0) is 31.5 Å². The van der Waals surface area contributed by atoms with E-state index in [1.54, 1.807) is 17.5 Å². The van der Waals surface area contributed by atoms with E-state index in [9.17, 15) is 14.9 Å². The van der Waals surface area contributed by atoms with Crippen LogP contribution in [0.15, 0.2) is 28.5 Å². The molecule has 0 unspecified atom stereocenters. The minimum atomic E-state index is -0.633. The number of nitrogens with zero attached hydrogens (tertiary/aromatic N) is 2. The van der Waals surface area contributed by atoms with Gasteiger partial charge in [-0.25, -0.2) is 4.79 Å². The molecule has 3 aromatic rings. The third-order valence-electron chi connectivity index (χ3n) is 3.41. The molecule has 0 aliphatic rings. The molecule has 0 aromatic carbocycles. The summed E-state index contributed by atoms with van der Waals surface area (Å²) in [6, 6.07) is 5.87. The van der Waals surface area contributed by atoms with Gasteiger partial charge in [-0.2, -0.15) is 5.26 Å². The first kappa shape index (κ1) is 14.3. The number of carbonyl (C=O) groups excluding carboxylic acids is 1. The second kappa shape index (κ2) is 5.28. The maximum Gasteiger partial charge on any atom is 0.343 e. The number of hydrogen-bond donors (Lipinski definition) is 0. The molecule has 0 atom stereocenters. The van der Waals surface area contributed by atoms with Gasteiger partial charge in [0.05, 0.1) is 22.4 Å². The Morgan fingerprint density at radius 3 is 2.95 bits per heavy atom. The number of pyridine rings is 1. The minimum absolute atomic E-state index is 0.00353. The Bertz CT molecular complexity index is 1010. The van der Waals surface area contributed by atoms with E-state index in [0.29, 0.717) is 21.3 Å². The van der Waals surface area contributed by atoms with E-state index in [2.05, 4.69) is 6.07 Å². The molecule has 6 heteroatoms. The third-order valence-corrected chi connectivity index (χ3v) is 4.40. The molecule has 22 heavy (non-hydrogen) atoms. The largest absolute Gasteiger partial charge is 0.462 e. The normalized spacial score (nSPS) is 10.8. The van der Waals surface area contributed by atoms with Gasteiger partial charge < -0.3 is 9.14 Å². The smallest absolute Gasteiger partial charge is 0.343 e. The van der Waals surface area contributed by atoms with Crippen molar-refractivity contribution in [1.82, 2.24) is 4.40 Å². The third kappa shape index (κ3) is 1.98. The van der Waals surface area contributed by atoms with Crippen molar-refractivity contribution in [1.29, 1.82) is 5.26 Å². The second-order valence-electron chi connectivity index (χ2n) is 4.82. The molecule has 3 heterocycles. The molecule has 0 N–H and O–H groups in total. The summed E-state index contributed by atoms with van der Waals surface area (Å²) in [5.74, 6) is -0.633. The number of hydrogen-bond acceptors (Lipinski definition) is 5. The molecule has 3 aromatic heterocycles. The molecular weight excluding hydrogens is 300 g/mol. The first-order chi connectivity index (χ1) is 10.6. The summed E-state index contributed by atoms with van der Waals surface area (Å²) in [4.78, 5) is 24.5. The van der Waals surface area contributed by atoms with E-state index in [4.69, 9.17) is 4.74 Å². The van der Waals surface area contributed by atoms with Gasteiger partial charge in [0, 0.05) is 11.6 Å². The Hall–Kier alpha value is -2.65. The molecule has 110 valence electrons. The highest BCUT2D eigenvalue weighted by atomic mass is 32.1. The first-order valence-corrected chi connectivity index (χ1v) is 7.59. The zero-order valence-electron chi connectivity index (χ0n) is 12.0. The highest BCUT2D eigenvalue weighted by molar-refractivity contribution is 7.17. The van der Waals surface area contributed by atoms with Crippen molar-refractivity contribution >= 4 is 33.0 Å². The van der Waals surface area contributed by atoms with Crippen LogP contribution in [0.4, 0.5) is 0 Å². The highest BCUT2D eigenvalue weighted by Crippen LogP contribution is 2.28. The predicted molar refractivity (Wildman–Crippen MR) is 84.5 cm³/mol. The molecule has 0 spiro atoms. The number of rotatable bonds is 2. The van der Waals surface area contributed by atoms with Crippen LogP contribution in [0.3, 0.4) is 0 Å². The molecule has 0 aliphatic carbocycles. The van der Waals surface area contributed by atoms with Crippen LogP contribution >= 0.6 is 11.3 Å². The number of nitriles is 1. The van der Waals surface area contributed by atoms with Gasteiger partial charge in [0.2, 0.25) is 5.43 Å². The fourth-order valence-electron chi connectivity index (χ4n) is 2.42. The van der Waals surface area contributed by atoms with Crippen molar-refractivity contribution in [3.63, 3.8) is 0 Å². The summed E-state index contributed by atoms with van der Waals surface area (Å²) < 4.78 is 7.17. The number of aryl methyl sites for hydroxylation is 1. The standard InChI is InChI=1S/C16H12N2O3S/c1-3-21-16(20)11-8-22-15-10(7-17)12-6-9(2)4-5-18(12)13(15)14(11)19/h4-6,8H,3H2,1-2H3. The van der Waals surface area contributed by atoms with Crippen LogP contribution in [0, 0.1) is 18.3 Å². The molecule has 0 radical (unpaired) electrons. The van der Waals surface area contributed by atoms with E-state index in [0.717, 1.165) is 5.56 Å². The van der Waals surface area contributed by atoms with E-state index in [1.807, 2.05) is 19.1 Å². The van der Waals surface area contributed by atoms with E-state index >= 15 is 0 Å². The van der Waals surface area contributed by atoms with Gasteiger partial charge in [-0.1, -0.05) is 0 Å². The molecule has 5 nitrogen and oxygen atoms in total. The summed E-state index contributed by atoms with van der Waals surface area (Å²) in [5.41, 5.74) is 2.07. The van der Waals surface area contributed by atoms with Gasteiger partial charge in [0.1, 0.15) is 17.1 Å². The van der Waals surface area contributed by atoms with Crippen molar-refractivity contribution in [2.75, 3.05) is 6.61 Å². The lowest BCUT2D eigenvalue weighted by Crippen LogP contribution is -2.17. The fraction of sp³-hybridized carbons (Fsp3) is 0.188. The molecule has 0 aliphatic heterocycles. The Kier molecular flexibility index (Phi) is 3.43. The van der Waals surface area contributed by atoms with Crippen LogP contribution in [0.25, 0.3) is 15.7 Å². The Morgan fingerprint density at radius 1 is 1.50 bits per heavy atom. The van der Waals surface area contributed by atoms with Crippen LogP contribution in [-0.4, -0.2) is 17.0 Å². The monoisotopic (exact) mass is 312 g/mol. The molecule has 0 amide bonds. The lowest BCUT2D eigenvalue weighted by atomic mass is 10.2. The van der Waals surface area contributed by atoms with Crippen LogP contribution < -0.4 is 5.43 Å². The zero-order valence-corrected chi connectivity index (χ0v) is 12.9. The minimum Gasteiger partial charge on any atom is -0.462 e. The van der Waals surface area contributed by atoms with Gasteiger partial charge in [-0.3, -0.25) is 4.79 Å². The average molecular weight is 312 g/mol. The zero-order chi connectivity index (χ0) is 15.9. The highest BCUT2D eigenvalue weighted by Gasteiger charge is 2.20. The quantitative estimate of drug-likeness (QED) is 0.682. The number of aromatic nitrogens is 1. The second-order valence-corrected chi connectivity index (χ2v) is 5.70. The summed E-state index contributed by atoms with van der Waals surface area (Å²) in [6.07, 6.45) is 1.75.